The summed E-state index contributed by atoms with van der Waals surface area (Å²) >= 11 is 0. The van der Waals surface area contributed by atoms with Crippen molar-refractivity contribution < 1.29 is 19.4 Å². The van der Waals surface area contributed by atoms with E-state index in [9.17, 15) is 9.59 Å². The Morgan fingerprint density at radius 3 is 2.22 bits per heavy atom. The summed E-state index contributed by atoms with van der Waals surface area (Å²) in [4.78, 5) is 22.2. The summed E-state index contributed by atoms with van der Waals surface area (Å²) in [7, 11) is 0. The number of hydrogen-bond donors (Lipinski definition) is 1. The fourth-order valence-electron chi connectivity index (χ4n) is 1.74. The zero-order valence-corrected chi connectivity index (χ0v) is 10.9. The molecule has 0 aliphatic carbocycles. The lowest BCUT2D eigenvalue weighted by molar-refractivity contribution is -0.144. The van der Waals surface area contributed by atoms with E-state index in [0.29, 0.717) is 6.61 Å². The van der Waals surface area contributed by atoms with Crippen molar-refractivity contribution >= 4 is 11.9 Å². The smallest absolute Gasteiger partial charge is 0.335 e. The van der Waals surface area contributed by atoms with E-state index >= 15 is 0 Å². The molecule has 1 aromatic rings. The quantitative estimate of drug-likeness (QED) is 0.816. The largest absolute Gasteiger partial charge is 0.478 e. The van der Waals surface area contributed by atoms with Crippen molar-refractivity contribution in [1.82, 2.24) is 0 Å². The van der Waals surface area contributed by atoms with Gasteiger partial charge < -0.3 is 9.84 Å². The molecule has 0 heterocycles. The fourth-order valence-corrected chi connectivity index (χ4v) is 1.74. The average molecular weight is 250 g/mol. The lowest BCUT2D eigenvalue weighted by atomic mass is 9.81. The fraction of sp³-hybridized carbons (Fsp3) is 0.429. The Morgan fingerprint density at radius 2 is 1.78 bits per heavy atom. The summed E-state index contributed by atoms with van der Waals surface area (Å²) < 4.78 is 4.93. The zero-order chi connectivity index (χ0) is 13.8. The number of aromatic carboxylic acids is 1. The molecule has 0 spiro atoms. The second-order valence-corrected chi connectivity index (χ2v) is 4.75. The van der Waals surface area contributed by atoms with E-state index in [1.807, 2.05) is 13.8 Å². The lowest BCUT2D eigenvalue weighted by Crippen LogP contribution is -2.23. The highest BCUT2D eigenvalue weighted by Gasteiger charge is 2.25. The van der Waals surface area contributed by atoms with Gasteiger partial charge in [0.15, 0.2) is 0 Å². The van der Waals surface area contributed by atoms with Gasteiger partial charge in [-0.3, -0.25) is 4.79 Å². The predicted octanol–water partition coefficient (Wildman–Crippen LogP) is 2.62. The van der Waals surface area contributed by atoms with Crippen LogP contribution in [0.5, 0.6) is 0 Å². The van der Waals surface area contributed by atoms with Gasteiger partial charge in [0, 0.05) is 5.41 Å². The summed E-state index contributed by atoms with van der Waals surface area (Å²) in [5.41, 5.74) is 0.787. The van der Waals surface area contributed by atoms with E-state index in [4.69, 9.17) is 9.84 Å². The van der Waals surface area contributed by atoms with Crippen molar-refractivity contribution in [3.63, 3.8) is 0 Å². The van der Waals surface area contributed by atoms with Crippen LogP contribution >= 0.6 is 0 Å². The maximum absolute atomic E-state index is 11.5. The first-order chi connectivity index (χ1) is 8.36. The molecule has 98 valence electrons. The third-order valence-corrected chi connectivity index (χ3v) is 2.80. The third-order valence-electron chi connectivity index (χ3n) is 2.80. The van der Waals surface area contributed by atoms with E-state index in [-0.39, 0.29) is 23.4 Å². The molecule has 0 aromatic heterocycles. The van der Waals surface area contributed by atoms with Crippen molar-refractivity contribution in [1.29, 1.82) is 0 Å². The Bertz CT molecular complexity index is 432. The number of carboxylic acid groups (broad SMARTS) is 1. The van der Waals surface area contributed by atoms with Crippen LogP contribution in [0.1, 0.15) is 43.1 Å². The van der Waals surface area contributed by atoms with E-state index in [0.717, 1.165) is 5.56 Å². The number of esters is 1. The molecule has 4 heteroatoms. The number of carboxylic acids is 1. The van der Waals surface area contributed by atoms with Crippen LogP contribution in [-0.2, 0) is 14.9 Å². The topological polar surface area (TPSA) is 63.6 Å². The van der Waals surface area contributed by atoms with Crippen molar-refractivity contribution in [3.05, 3.63) is 35.4 Å². The predicted molar refractivity (Wildman–Crippen MR) is 67.7 cm³/mol. The molecule has 1 rings (SSSR count). The molecular weight excluding hydrogens is 232 g/mol. The van der Waals surface area contributed by atoms with Crippen molar-refractivity contribution in [2.45, 2.75) is 32.6 Å². The van der Waals surface area contributed by atoms with Crippen molar-refractivity contribution in [2.75, 3.05) is 6.61 Å². The number of carbonyl (C=O) groups excluding carboxylic acids is 1. The van der Waals surface area contributed by atoms with Gasteiger partial charge in [0.25, 0.3) is 0 Å². The van der Waals surface area contributed by atoms with Gasteiger partial charge in [0.1, 0.15) is 0 Å². The van der Waals surface area contributed by atoms with Gasteiger partial charge in [0.05, 0.1) is 18.6 Å². The van der Waals surface area contributed by atoms with Crippen LogP contribution in [0.25, 0.3) is 0 Å². The minimum absolute atomic E-state index is 0.241. The zero-order valence-electron chi connectivity index (χ0n) is 10.9. The molecule has 0 saturated carbocycles. The van der Waals surface area contributed by atoms with Crippen LogP contribution in [0.3, 0.4) is 0 Å². The molecule has 0 bridgehead atoms. The van der Waals surface area contributed by atoms with Crippen LogP contribution in [0, 0.1) is 0 Å². The summed E-state index contributed by atoms with van der Waals surface area (Å²) in [6, 6.07) is 6.57. The highest BCUT2D eigenvalue weighted by Crippen LogP contribution is 2.27. The maximum Gasteiger partial charge on any atom is 0.335 e. The standard InChI is InChI=1S/C14H18O4/c1-4-18-12(15)9-14(2,3)11-7-5-10(6-8-11)13(16)17/h5-8H,4,9H2,1-3H3,(H,16,17). The summed E-state index contributed by atoms with van der Waals surface area (Å²) in [6.45, 7) is 6.00. The third kappa shape index (κ3) is 3.58. The first-order valence-electron chi connectivity index (χ1n) is 5.86. The SMILES string of the molecule is CCOC(=O)CC(C)(C)c1ccc(C(=O)O)cc1. The van der Waals surface area contributed by atoms with Gasteiger partial charge in [0.2, 0.25) is 0 Å². The molecule has 18 heavy (non-hydrogen) atoms. The first kappa shape index (κ1) is 14.2. The van der Waals surface area contributed by atoms with Gasteiger partial charge in [-0.1, -0.05) is 26.0 Å². The van der Waals surface area contributed by atoms with Gasteiger partial charge in [-0.05, 0) is 24.6 Å². The Balaban J connectivity index is 2.84. The van der Waals surface area contributed by atoms with Gasteiger partial charge in [-0.2, -0.15) is 0 Å². The summed E-state index contributed by atoms with van der Waals surface area (Å²) in [6.07, 6.45) is 0.271. The molecule has 1 aromatic carbocycles. The Morgan fingerprint density at radius 1 is 1.22 bits per heavy atom. The maximum atomic E-state index is 11.5. The van der Waals surface area contributed by atoms with Gasteiger partial charge >= 0.3 is 11.9 Å². The molecule has 0 aliphatic heterocycles. The van der Waals surface area contributed by atoms with E-state index in [1.54, 1.807) is 31.2 Å². The van der Waals surface area contributed by atoms with E-state index in [2.05, 4.69) is 0 Å². The number of carbonyl (C=O) groups is 2. The molecule has 4 nitrogen and oxygen atoms in total. The van der Waals surface area contributed by atoms with Crippen LogP contribution < -0.4 is 0 Å². The van der Waals surface area contributed by atoms with Crippen LogP contribution in [0.4, 0.5) is 0 Å². The summed E-state index contributed by atoms with van der Waals surface area (Å²) in [5, 5.41) is 8.82. The normalized spacial score (nSPS) is 11.1. The first-order valence-corrected chi connectivity index (χ1v) is 5.86. The summed E-state index contributed by atoms with van der Waals surface area (Å²) in [5.74, 6) is -1.20. The Kier molecular flexibility index (Phi) is 4.48. The molecule has 1 N–H and O–H groups in total. The minimum atomic E-state index is -0.954. The van der Waals surface area contributed by atoms with E-state index < -0.39 is 5.97 Å². The number of hydrogen-bond acceptors (Lipinski definition) is 3. The highest BCUT2D eigenvalue weighted by atomic mass is 16.5. The Labute approximate surface area is 107 Å². The second-order valence-electron chi connectivity index (χ2n) is 4.75. The average Bonchev–Trinajstić information content (AvgIpc) is 2.28. The molecule has 0 unspecified atom stereocenters. The number of ether oxygens (including phenoxy) is 1. The van der Waals surface area contributed by atoms with Crippen LogP contribution in [0.15, 0.2) is 24.3 Å². The molecule has 0 atom stereocenters. The molecule has 0 fully saturated rings. The number of benzene rings is 1. The molecule has 0 radical (unpaired) electrons. The van der Waals surface area contributed by atoms with Gasteiger partial charge in [-0.15, -0.1) is 0 Å². The highest BCUT2D eigenvalue weighted by molar-refractivity contribution is 5.87. The van der Waals surface area contributed by atoms with Crippen LogP contribution in [0.2, 0.25) is 0 Å². The second kappa shape index (κ2) is 5.67. The van der Waals surface area contributed by atoms with Crippen molar-refractivity contribution in [2.24, 2.45) is 0 Å². The monoisotopic (exact) mass is 250 g/mol. The molecule has 0 aliphatic rings. The Hall–Kier alpha value is -1.84. The molecule has 0 amide bonds. The van der Waals surface area contributed by atoms with E-state index in [1.165, 1.54) is 0 Å². The van der Waals surface area contributed by atoms with Crippen LogP contribution in [-0.4, -0.2) is 23.7 Å². The lowest BCUT2D eigenvalue weighted by Gasteiger charge is -2.24. The number of rotatable bonds is 5. The molecule has 0 saturated heterocycles. The van der Waals surface area contributed by atoms with Crippen molar-refractivity contribution in [3.8, 4) is 0 Å². The minimum Gasteiger partial charge on any atom is -0.478 e. The molecular formula is C14H18O4. The van der Waals surface area contributed by atoms with Gasteiger partial charge in [-0.25, -0.2) is 4.79 Å².